The molecule has 0 aromatic rings. The summed E-state index contributed by atoms with van der Waals surface area (Å²) < 4.78 is 29.0. The van der Waals surface area contributed by atoms with E-state index in [9.17, 15) is 8.42 Å². The second-order valence-corrected chi connectivity index (χ2v) is 10.9. The standard InChI is InChI=1S/C26H54O3S.K.H/c1-3-5-7-9-11-13-14-15-16-17-19-21-23-25-29-30(27,28)26-24-22-20-18-12-10-8-6-4-2;;/h3-26H2,1-2H3;;/q;+1;-1. The average Bonchev–Trinajstić information content (AvgIpc) is 2.72. The van der Waals surface area contributed by atoms with Gasteiger partial charge in [0.25, 0.3) is 10.1 Å². The van der Waals surface area contributed by atoms with Gasteiger partial charge in [0, 0.05) is 0 Å². The van der Waals surface area contributed by atoms with Crippen LogP contribution in [0.3, 0.4) is 0 Å². The fourth-order valence-corrected chi connectivity index (χ4v) is 5.00. The topological polar surface area (TPSA) is 43.4 Å². The number of hydrogen-bond donors (Lipinski definition) is 0. The molecule has 0 amide bonds. The molecule has 3 nitrogen and oxygen atoms in total. The molecular weight excluding hydrogens is 431 g/mol. The first-order chi connectivity index (χ1) is 14.6. The Morgan fingerprint density at radius 3 is 1.13 bits per heavy atom. The molecule has 31 heavy (non-hydrogen) atoms. The molecular formula is C26H55KO3S. The minimum atomic E-state index is -3.30. The number of unbranched alkanes of at least 4 members (excludes halogenated alkanes) is 20. The van der Waals surface area contributed by atoms with Crippen molar-refractivity contribution in [1.29, 1.82) is 0 Å². The van der Waals surface area contributed by atoms with Crippen molar-refractivity contribution in [1.82, 2.24) is 0 Å². The second kappa shape index (κ2) is 27.8. The van der Waals surface area contributed by atoms with Crippen molar-refractivity contribution < 1.29 is 65.4 Å². The molecule has 0 saturated carbocycles. The molecule has 0 N–H and O–H groups in total. The fourth-order valence-electron chi connectivity index (χ4n) is 3.95. The summed E-state index contributed by atoms with van der Waals surface area (Å²) in [4.78, 5) is 0. The molecule has 5 heteroatoms. The van der Waals surface area contributed by atoms with Gasteiger partial charge in [0.1, 0.15) is 0 Å². The third kappa shape index (κ3) is 29.5. The SMILES string of the molecule is CCCCCCCCCCCCCCCOS(=O)(=O)CCCCCCCCCCC.[H-].[K+]. The molecule has 0 aliphatic rings. The first-order valence-corrected chi connectivity index (χ1v) is 15.1. The smallest absolute Gasteiger partial charge is 1.00 e. The predicted octanol–water partition coefficient (Wildman–Crippen LogP) is 6.07. The molecule has 0 rings (SSSR count). The summed E-state index contributed by atoms with van der Waals surface area (Å²) in [7, 11) is -3.30. The molecule has 0 aromatic carbocycles. The maximum Gasteiger partial charge on any atom is 1.00 e. The van der Waals surface area contributed by atoms with Crippen LogP contribution in [-0.2, 0) is 14.3 Å². The Kier molecular flexibility index (Phi) is 31.1. The van der Waals surface area contributed by atoms with Gasteiger partial charge in [0.2, 0.25) is 0 Å². The van der Waals surface area contributed by atoms with Gasteiger partial charge >= 0.3 is 51.4 Å². The largest absolute Gasteiger partial charge is 1.00 e. The van der Waals surface area contributed by atoms with Crippen LogP contribution in [0.25, 0.3) is 0 Å². The van der Waals surface area contributed by atoms with Gasteiger partial charge in [-0.05, 0) is 12.8 Å². The number of rotatable bonds is 25. The normalized spacial score (nSPS) is 11.5. The zero-order chi connectivity index (χ0) is 22.2. The monoisotopic (exact) mass is 486 g/mol. The summed E-state index contributed by atoms with van der Waals surface area (Å²) in [6, 6.07) is 0. The van der Waals surface area contributed by atoms with Crippen molar-refractivity contribution in [2.24, 2.45) is 0 Å². The van der Waals surface area contributed by atoms with Crippen LogP contribution in [-0.4, -0.2) is 20.8 Å². The van der Waals surface area contributed by atoms with Gasteiger partial charge in [-0.2, -0.15) is 8.42 Å². The maximum absolute atomic E-state index is 11.9. The van der Waals surface area contributed by atoms with Crippen LogP contribution in [0.5, 0.6) is 0 Å². The molecule has 0 aromatic heterocycles. The second-order valence-electron chi connectivity index (χ2n) is 9.15. The van der Waals surface area contributed by atoms with E-state index in [4.69, 9.17) is 4.18 Å². The van der Waals surface area contributed by atoms with Crippen LogP contribution in [0.4, 0.5) is 0 Å². The van der Waals surface area contributed by atoms with E-state index in [1.165, 1.54) is 109 Å². The molecule has 0 radical (unpaired) electrons. The Balaban J connectivity index is -0.00000420. The van der Waals surface area contributed by atoms with E-state index in [-0.39, 0.29) is 58.6 Å². The Morgan fingerprint density at radius 2 is 0.774 bits per heavy atom. The molecule has 0 saturated heterocycles. The third-order valence-corrected chi connectivity index (χ3v) is 7.32. The van der Waals surface area contributed by atoms with E-state index >= 15 is 0 Å². The molecule has 0 fully saturated rings. The quantitative estimate of drug-likeness (QED) is 0.0893. The van der Waals surface area contributed by atoms with E-state index in [1.54, 1.807) is 0 Å². The molecule has 0 aliphatic heterocycles. The van der Waals surface area contributed by atoms with Crippen LogP contribution in [0.1, 0.15) is 157 Å². The van der Waals surface area contributed by atoms with E-state index in [2.05, 4.69) is 13.8 Å². The van der Waals surface area contributed by atoms with Crippen LogP contribution >= 0.6 is 0 Å². The van der Waals surface area contributed by atoms with Crippen LogP contribution in [0, 0.1) is 0 Å². The van der Waals surface area contributed by atoms with Crippen molar-refractivity contribution in [2.45, 2.75) is 155 Å². The van der Waals surface area contributed by atoms with Gasteiger partial charge in [0.15, 0.2) is 0 Å². The molecule has 0 unspecified atom stereocenters. The third-order valence-electron chi connectivity index (χ3n) is 6.01. The van der Waals surface area contributed by atoms with Crippen molar-refractivity contribution in [2.75, 3.05) is 12.4 Å². The van der Waals surface area contributed by atoms with Crippen molar-refractivity contribution in [3.63, 3.8) is 0 Å². The van der Waals surface area contributed by atoms with Gasteiger partial charge in [0.05, 0.1) is 12.4 Å². The fraction of sp³-hybridized carbons (Fsp3) is 1.00. The molecule has 0 aliphatic carbocycles. The minimum Gasteiger partial charge on any atom is -1.00 e. The van der Waals surface area contributed by atoms with Crippen molar-refractivity contribution in [3.05, 3.63) is 0 Å². The van der Waals surface area contributed by atoms with Gasteiger partial charge in [-0.1, -0.05) is 142 Å². The van der Waals surface area contributed by atoms with Crippen molar-refractivity contribution >= 4 is 10.1 Å². The Hall–Kier alpha value is 1.55. The van der Waals surface area contributed by atoms with Gasteiger partial charge in [-0.3, -0.25) is 4.18 Å². The maximum atomic E-state index is 11.9. The van der Waals surface area contributed by atoms with E-state index in [0.29, 0.717) is 6.61 Å². The van der Waals surface area contributed by atoms with Gasteiger partial charge < -0.3 is 1.43 Å². The zero-order valence-corrected chi connectivity index (χ0v) is 25.5. The minimum absolute atomic E-state index is 0. The first kappa shape index (κ1) is 34.7. The summed E-state index contributed by atoms with van der Waals surface area (Å²) in [5.74, 6) is 0.196. The van der Waals surface area contributed by atoms with Gasteiger partial charge in [-0.15, -0.1) is 0 Å². The van der Waals surface area contributed by atoms with E-state index in [1.807, 2.05) is 0 Å². The zero-order valence-electron chi connectivity index (χ0n) is 22.6. The molecule has 0 atom stereocenters. The van der Waals surface area contributed by atoms with E-state index in [0.717, 1.165) is 32.1 Å². The predicted molar refractivity (Wildman–Crippen MR) is 134 cm³/mol. The van der Waals surface area contributed by atoms with Gasteiger partial charge in [-0.25, -0.2) is 0 Å². The molecule has 184 valence electrons. The molecule has 0 bridgehead atoms. The van der Waals surface area contributed by atoms with E-state index < -0.39 is 10.1 Å². The Bertz CT molecular complexity index is 433. The first-order valence-electron chi connectivity index (χ1n) is 13.5. The molecule has 0 heterocycles. The number of hydrogen-bond acceptors (Lipinski definition) is 3. The van der Waals surface area contributed by atoms with Crippen LogP contribution < -0.4 is 51.4 Å². The average molecular weight is 487 g/mol. The summed E-state index contributed by atoms with van der Waals surface area (Å²) in [5.41, 5.74) is 0. The Morgan fingerprint density at radius 1 is 0.484 bits per heavy atom. The molecule has 0 spiro atoms. The summed E-state index contributed by atoms with van der Waals surface area (Å²) in [6.45, 7) is 4.88. The Labute approximate surface area is 240 Å². The van der Waals surface area contributed by atoms with Crippen LogP contribution in [0.15, 0.2) is 0 Å². The summed E-state index contributed by atoms with van der Waals surface area (Å²) in [6.07, 6.45) is 27.6. The summed E-state index contributed by atoms with van der Waals surface area (Å²) >= 11 is 0. The summed E-state index contributed by atoms with van der Waals surface area (Å²) in [5, 5.41) is 0. The van der Waals surface area contributed by atoms with Crippen molar-refractivity contribution in [3.8, 4) is 0 Å². The van der Waals surface area contributed by atoms with Crippen LogP contribution in [0.2, 0.25) is 0 Å².